The second-order valence-corrected chi connectivity index (χ2v) is 4.08. The Morgan fingerprint density at radius 2 is 2.14 bits per heavy atom. The number of rotatable bonds is 1. The summed E-state index contributed by atoms with van der Waals surface area (Å²) in [5.41, 5.74) is 0.427. The van der Waals surface area contributed by atoms with E-state index in [1.54, 1.807) is 0 Å². The minimum absolute atomic E-state index is 0.169. The molecule has 0 radical (unpaired) electrons. The normalized spacial score (nSPS) is 10.4. The van der Waals surface area contributed by atoms with Crippen molar-refractivity contribution in [3.8, 4) is 16.3 Å². The zero-order chi connectivity index (χ0) is 10.1. The van der Waals surface area contributed by atoms with Gasteiger partial charge in [-0.15, -0.1) is 10.2 Å². The number of phenolic OH excluding ortho intramolecular Hbond substituents is 1. The monoisotopic (exact) mass is 230 g/mol. The van der Waals surface area contributed by atoms with Crippen LogP contribution in [-0.4, -0.2) is 15.3 Å². The van der Waals surface area contributed by atoms with E-state index >= 15 is 0 Å². The Bertz CT molecular complexity index is 474. The highest BCUT2D eigenvalue weighted by Crippen LogP contribution is 2.32. The first-order chi connectivity index (χ1) is 6.66. The average Bonchev–Trinajstić information content (AvgIpc) is 2.51. The topological polar surface area (TPSA) is 46.0 Å². The van der Waals surface area contributed by atoms with E-state index in [1.165, 1.54) is 12.1 Å². The first kappa shape index (κ1) is 9.36. The molecule has 2 rings (SSSR count). The maximum atomic E-state index is 12.6. The molecule has 6 heteroatoms. The molecule has 14 heavy (non-hydrogen) atoms. The predicted octanol–water partition coefficient (Wildman–Crippen LogP) is 2.70. The molecule has 2 aromatic rings. The third-order valence-electron chi connectivity index (χ3n) is 1.59. The van der Waals surface area contributed by atoms with Crippen molar-refractivity contribution in [2.75, 3.05) is 0 Å². The minimum Gasteiger partial charge on any atom is -0.507 e. The van der Waals surface area contributed by atoms with Gasteiger partial charge in [-0.05, 0) is 23.7 Å². The fourth-order valence-electron chi connectivity index (χ4n) is 1.000. The number of hydrogen-bond donors (Lipinski definition) is 1. The smallest absolute Gasteiger partial charge is 0.207 e. The molecule has 1 heterocycles. The molecule has 0 fully saturated rings. The van der Waals surface area contributed by atoms with Crippen LogP contribution < -0.4 is 0 Å². The third kappa shape index (κ3) is 1.69. The maximum absolute atomic E-state index is 12.6. The van der Waals surface area contributed by atoms with E-state index in [0.29, 0.717) is 10.6 Å². The van der Waals surface area contributed by atoms with Gasteiger partial charge in [-0.1, -0.05) is 11.3 Å². The summed E-state index contributed by atoms with van der Waals surface area (Å²) in [4.78, 5) is 0. The third-order valence-corrected chi connectivity index (χ3v) is 2.64. The van der Waals surface area contributed by atoms with Gasteiger partial charge in [0.15, 0.2) is 5.01 Å². The van der Waals surface area contributed by atoms with Gasteiger partial charge in [-0.3, -0.25) is 0 Å². The Morgan fingerprint density at radius 3 is 2.71 bits per heavy atom. The summed E-state index contributed by atoms with van der Waals surface area (Å²) in [7, 11) is 0. The van der Waals surface area contributed by atoms with Gasteiger partial charge < -0.3 is 5.11 Å². The molecule has 0 unspecified atom stereocenters. The number of hydrogen-bond acceptors (Lipinski definition) is 4. The summed E-state index contributed by atoms with van der Waals surface area (Å²) in [6, 6.07) is 3.69. The zero-order valence-corrected chi connectivity index (χ0v) is 8.31. The van der Waals surface area contributed by atoms with Gasteiger partial charge in [0.2, 0.25) is 4.47 Å². The van der Waals surface area contributed by atoms with E-state index in [0.717, 1.165) is 17.4 Å². The highest BCUT2D eigenvalue weighted by Gasteiger charge is 2.10. The van der Waals surface area contributed by atoms with Gasteiger partial charge in [-0.2, -0.15) is 0 Å². The Hall–Kier alpha value is -1.20. The quantitative estimate of drug-likeness (QED) is 0.819. The number of benzene rings is 1. The molecule has 0 spiro atoms. The maximum Gasteiger partial charge on any atom is 0.207 e. The lowest BCUT2D eigenvalue weighted by Gasteiger charge is -1.98. The van der Waals surface area contributed by atoms with Gasteiger partial charge >= 0.3 is 0 Å². The standard InChI is InChI=1S/C8H4ClFN2OS/c9-8-12-11-7(14-8)5-2-1-4(10)3-6(5)13/h1-3,13H. The molecule has 72 valence electrons. The summed E-state index contributed by atoms with van der Waals surface area (Å²) in [6.07, 6.45) is 0. The van der Waals surface area contributed by atoms with Crippen molar-refractivity contribution in [1.82, 2.24) is 10.2 Å². The van der Waals surface area contributed by atoms with Crippen molar-refractivity contribution < 1.29 is 9.50 Å². The van der Waals surface area contributed by atoms with E-state index in [9.17, 15) is 9.50 Å². The van der Waals surface area contributed by atoms with Gasteiger partial charge in [0.25, 0.3) is 0 Å². The molecule has 1 aromatic carbocycles. The van der Waals surface area contributed by atoms with Crippen LogP contribution in [0.15, 0.2) is 18.2 Å². The Morgan fingerprint density at radius 1 is 1.36 bits per heavy atom. The van der Waals surface area contributed by atoms with Crippen LogP contribution in [0.2, 0.25) is 4.47 Å². The lowest BCUT2D eigenvalue weighted by Crippen LogP contribution is -1.80. The van der Waals surface area contributed by atoms with E-state index in [4.69, 9.17) is 11.6 Å². The van der Waals surface area contributed by atoms with Gasteiger partial charge in [0, 0.05) is 6.07 Å². The molecule has 0 aliphatic heterocycles. The summed E-state index contributed by atoms with van der Waals surface area (Å²) in [6.45, 7) is 0. The SMILES string of the molecule is Oc1cc(F)ccc1-c1nnc(Cl)s1. The van der Waals surface area contributed by atoms with Crippen molar-refractivity contribution >= 4 is 22.9 Å². The van der Waals surface area contributed by atoms with Crippen molar-refractivity contribution in [3.63, 3.8) is 0 Å². The van der Waals surface area contributed by atoms with Crippen molar-refractivity contribution in [2.45, 2.75) is 0 Å². The number of aromatic nitrogens is 2. The number of aromatic hydroxyl groups is 1. The molecular weight excluding hydrogens is 227 g/mol. The van der Waals surface area contributed by atoms with Crippen LogP contribution in [0.25, 0.3) is 10.6 Å². The highest BCUT2D eigenvalue weighted by molar-refractivity contribution is 7.18. The molecule has 0 atom stereocenters. The molecular formula is C8H4ClFN2OS. The number of nitrogens with zero attached hydrogens (tertiary/aromatic N) is 2. The second kappa shape index (κ2) is 3.51. The summed E-state index contributed by atoms with van der Waals surface area (Å²) in [5, 5.41) is 17.2. The average molecular weight is 231 g/mol. The lowest BCUT2D eigenvalue weighted by molar-refractivity contribution is 0.471. The minimum atomic E-state index is -0.498. The molecule has 0 saturated carbocycles. The summed E-state index contributed by atoms with van der Waals surface area (Å²) >= 11 is 6.70. The van der Waals surface area contributed by atoms with Crippen LogP contribution in [0.4, 0.5) is 4.39 Å². The van der Waals surface area contributed by atoms with Gasteiger partial charge in [0.05, 0.1) is 5.56 Å². The van der Waals surface area contributed by atoms with E-state index in [-0.39, 0.29) is 10.2 Å². The van der Waals surface area contributed by atoms with Crippen LogP contribution in [0.1, 0.15) is 0 Å². The Labute approximate surface area is 87.8 Å². The van der Waals surface area contributed by atoms with Crippen molar-refractivity contribution in [1.29, 1.82) is 0 Å². The predicted molar refractivity (Wildman–Crippen MR) is 52.0 cm³/mol. The van der Waals surface area contributed by atoms with Crippen LogP contribution >= 0.6 is 22.9 Å². The molecule has 0 aliphatic rings. The fraction of sp³-hybridized carbons (Fsp3) is 0. The Balaban J connectivity index is 2.52. The van der Waals surface area contributed by atoms with E-state index in [1.807, 2.05) is 0 Å². The van der Waals surface area contributed by atoms with Crippen LogP contribution in [0.3, 0.4) is 0 Å². The van der Waals surface area contributed by atoms with E-state index < -0.39 is 5.82 Å². The Kier molecular flexibility index (Phi) is 2.35. The van der Waals surface area contributed by atoms with E-state index in [2.05, 4.69) is 10.2 Å². The molecule has 0 bridgehead atoms. The zero-order valence-electron chi connectivity index (χ0n) is 6.74. The largest absolute Gasteiger partial charge is 0.507 e. The highest BCUT2D eigenvalue weighted by atomic mass is 35.5. The lowest BCUT2D eigenvalue weighted by atomic mass is 10.2. The second-order valence-electron chi connectivity index (χ2n) is 2.52. The molecule has 3 nitrogen and oxygen atoms in total. The molecule has 0 amide bonds. The van der Waals surface area contributed by atoms with Crippen LogP contribution in [-0.2, 0) is 0 Å². The van der Waals surface area contributed by atoms with Crippen molar-refractivity contribution in [3.05, 3.63) is 28.5 Å². The number of phenols is 1. The number of halogens is 2. The van der Waals surface area contributed by atoms with Crippen molar-refractivity contribution in [2.24, 2.45) is 0 Å². The van der Waals surface area contributed by atoms with Crippen LogP contribution in [0, 0.1) is 5.82 Å². The fourth-order valence-corrected chi connectivity index (χ4v) is 1.86. The molecule has 0 saturated heterocycles. The first-order valence-electron chi connectivity index (χ1n) is 3.65. The molecule has 0 aliphatic carbocycles. The van der Waals surface area contributed by atoms with Gasteiger partial charge in [-0.25, -0.2) is 4.39 Å². The first-order valence-corrected chi connectivity index (χ1v) is 4.84. The molecule has 1 N–H and O–H groups in total. The summed E-state index contributed by atoms with van der Waals surface area (Å²) in [5.74, 6) is -0.667. The van der Waals surface area contributed by atoms with Crippen LogP contribution in [0.5, 0.6) is 5.75 Å². The van der Waals surface area contributed by atoms with Gasteiger partial charge in [0.1, 0.15) is 11.6 Å². The molecule has 1 aromatic heterocycles. The summed E-state index contributed by atoms with van der Waals surface area (Å²) < 4.78 is 12.9.